The molecule has 0 bridgehead atoms. The third-order valence-electron chi connectivity index (χ3n) is 3.67. The Kier molecular flexibility index (Phi) is 6.51. The Hall–Kier alpha value is -0.590. The van der Waals surface area contributed by atoms with Gasteiger partial charge in [-0.3, -0.25) is 0 Å². The fraction of sp³-hybridized carbons (Fsp3) is 0.533. The number of nitrogens with zero attached hydrogens (tertiary/aromatic N) is 1. The second-order valence-electron chi connectivity index (χ2n) is 5.51. The molecule has 0 spiro atoms. The van der Waals surface area contributed by atoms with E-state index in [0.29, 0.717) is 28.2 Å². The van der Waals surface area contributed by atoms with Crippen LogP contribution in [0.1, 0.15) is 32.1 Å². The molecule has 2 nitrogen and oxygen atoms in total. The SMILES string of the molecule is NC(=Nc1cc(SCC(F)(F)F)c(Cl)cc1Cl)C1CCCCC1. The van der Waals surface area contributed by atoms with Crippen molar-refractivity contribution in [3.63, 3.8) is 0 Å². The molecule has 0 amide bonds. The molecule has 2 N–H and O–H groups in total. The number of thioether (sulfide) groups is 1. The number of nitrogens with two attached hydrogens (primary N) is 1. The summed E-state index contributed by atoms with van der Waals surface area (Å²) in [4.78, 5) is 4.63. The van der Waals surface area contributed by atoms with Crippen LogP contribution in [0.4, 0.5) is 18.9 Å². The molecule has 0 heterocycles. The lowest BCUT2D eigenvalue weighted by Crippen LogP contribution is -2.25. The number of benzene rings is 1. The topological polar surface area (TPSA) is 38.4 Å². The molecule has 1 aliphatic rings. The van der Waals surface area contributed by atoms with Crippen LogP contribution in [0.25, 0.3) is 0 Å². The van der Waals surface area contributed by atoms with E-state index in [1.54, 1.807) is 0 Å². The van der Waals surface area contributed by atoms with Crippen LogP contribution < -0.4 is 5.73 Å². The number of aliphatic imine (C=N–C) groups is 1. The van der Waals surface area contributed by atoms with E-state index in [4.69, 9.17) is 28.9 Å². The molecule has 0 saturated heterocycles. The first-order chi connectivity index (χ1) is 10.8. The van der Waals surface area contributed by atoms with Crippen LogP contribution in [0.5, 0.6) is 0 Å². The van der Waals surface area contributed by atoms with Crippen molar-refractivity contribution in [1.82, 2.24) is 0 Å². The predicted molar refractivity (Wildman–Crippen MR) is 91.1 cm³/mol. The summed E-state index contributed by atoms with van der Waals surface area (Å²) in [5.41, 5.74) is 6.42. The van der Waals surface area contributed by atoms with Gasteiger partial charge in [0.1, 0.15) is 5.84 Å². The van der Waals surface area contributed by atoms with E-state index in [2.05, 4.69) is 4.99 Å². The van der Waals surface area contributed by atoms with Crippen LogP contribution in [0.3, 0.4) is 0 Å². The van der Waals surface area contributed by atoms with Crippen molar-refractivity contribution in [3.8, 4) is 0 Å². The molecule has 23 heavy (non-hydrogen) atoms. The monoisotopic (exact) mass is 384 g/mol. The molecular formula is C15H17Cl2F3N2S. The minimum Gasteiger partial charge on any atom is -0.387 e. The summed E-state index contributed by atoms with van der Waals surface area (Å²) in [5.74, 6) is -0.322. The van der Waals surface area contributed by atoms with Crippen molar-refractivity contribution in [2.45, 2.75) is 43.2 Å². The van der Waals surface area contributed by atoms with Gasteiger partial charge in [0.2, 0.25) is 0 Å². The molecule has 128 valence electrons. The van der Waals surface area contributed by atoms with E-state index in [-0.39, 0.29) is 16.0 Å². The zero-order valence-corrected chi connectivity index (χ0v) is 14.6. The van der Waals surface area contributed by atoms with Gasteiger partial charge in [-0.25, -0.2) is 4.99 Å². The Morgan fingerprint density at radius 2 is 1.83 bits per heavy atom. The molecule has 0 aliphatic heterocycles. The van der Waals surface area contributed by atoms with Crippen LogP contribution in [0, 0.1) is 5.92 Å². The van der Waals surface area contributed by atoms with Gasteiger partial charge in [-0.05, 0) is 25.0 Å². The third-order valence-corrected chi connectivity index (χ3v) is 5.51. The maximum absolute atomic E-state index is 12.4. The lowest BCUT2D eigenvalue weighted by Gasteiger charge is -2.21. The van der Waals surface area contributed by atoms with Crippen molar-refractivity contribution >= 4 is 46.5 Å². The quantitative estimate of drug-likeness (QED) is 0.380. The van der Waals surface area contributed by atoms with Crippen LogP contribution in [-0.2, 0) is 0 Å². The highest BCUT2D eigenvalue weighted by molar-refractivity contribution is 7.99. The number of alkyl halides is 3. The molecule has 8 heteroatoms. The Morgan fingerprint density at radius 3 is 2.43 bits per heavy atom. The third kappa shape index (κ3) is 5.76. The van der Waals surface area contributed by atoms with E-state index in [1.807, 2.05) is 0 Å². The maximum atomic E-state index is 12.4. The van der Waals surface area contributed by atoms with Gasteiger partial charge >= 0.3 is 6.18 Å². The lowest BCUT2D eigenvalue weighted by atomic mass is 9.88. The van der Waals surface area contributed by atoms with Crippen LogP contribution in [0.2, 0.25) is 10.0 Å². The maximum Gasteiger partial charge on any atom is 0.398 e. The molecule has 1 saturated carbocycles. The zero-order valence-electron chi connectivity index (χ0n) is 12.3. The average Bonchev–Trinajstić information content (AvgIpc) is 2.48. The lowest BCUT2D eigenvalue weighted by molar-refractivity contribution is -0.105. The summed E-state index contributed by atoms with van der Waals surface area (Å²) >= 11 is 12.7. The molecule has 0 radical (unpaired) electrons. The summed E-state index contributed by atoms with van der Waals surface area (Å²) in [6, 6.07) is 2.88. The smallest absolute Gasteiger partial charge is 0.387 e. The zero-order chi connectivity index (χ0) is 17.0. The molecule has 0 atom stereocenters. The van der Waals surface area contributed by atoms with Crippen molar-refractivity contribution in [3.05, 3.63) is 22.2 Å². The summed E-state index contributed by atoms with van der Waals surface area (Å²) in [7, 11) is 0. The number of halogens is 5. The fourth-order valence-electron chi connectivity index (χ4n) is 2.50. The van der Waals surface area contributed by atoms with Crippen LogP contribution in [0.15, 0.2) is 22.0 Å². The van der Waals surface area contributed by atoms with E-state index in [1.165, 1.54) is 18.6 Å². The Bertz CT molecular complexity index is 585. The van der Waals surface area contributed by atoms with E-state index >= 15 is 0 Å². The summed E-state index contributed by atoms with van der Waals surface area (Å²) in [6.07, 6.45) is 1.12. The van der Waals surface area contributed by atoms with Crippen LogP contribution in [-0.4, -0.2) is 17.8 Å². The van der Waals surface area contributed by atoms with Gasteiger partial charge in [0, 0.05) is 10.8 Å². The second kappa shape index (κ2) is 7.99. The van der Waals surface area contributed by atoms with Crippen LogP contribution >= 0.6 is 35.0 Å². The van der Waals surface area contributed by atoms with Crippen molar-refractivity contribution in [1.29, 1.82) is 0 Å². The van der Waals surface area contributed by atoms with Gasteiger partial charge in [-0.15, -0.1) is 11.8 Å². The van der Waals surface area contributed by atoms with Gasteiger partial charge in [-0.1, -0.05) is 42.5 Å². The van der Waals surface area contributed by atoms with Crippen molar-refractivity contribution in [2.24, 2.45) is 16.6 Å². The minimum absolute atomic E-state index is 0.180. The summed E-state index contributed by atoms with van der Waals surface area (Å²) in [6.45, 7) is 0. The molecule has 1 aromatic rings. The average molecular weight is 385 g/mol. The van der Waals surface area contributed by atoms with Gasteiger partial charge in [-0.2, -0.15) is 13.2 Å². The van der Waals surface area contributed by atoms with Crippen molar-refractivity contribution < 1.29 is 13.2 Å². The van der Waals surface area contributed by atoms with Gasteiger partial charge in [0.25, 0.3) is 0 Å². The Labute approximate surface area is 147 Å². The normalized spacial score (nSPS) is 17.5. The number of hydrogen-bond donors (Lipinski definition) is 1. The highest BCUT2D eigenvalue weighted by atomic mass is 35.5. The van der Waals surface area contributed by atoms with Gasteiger partial charge in [0.15, 0.2) is 0 Å². The Balaban J connectivity index is 2.20. The molecule has 0 unspecified atom stereocenters. The van der Waals surface area contributed by atoms with Gasteiger partial charge in [0.05, 0.1) is 21.5 Å². The van der Waals surface area contributed by atoms with Gasteiger partial charge < -0.3 is 5.73 Å². The predicted octanol–water partition coefficient (Wildman–Crippen LogP) is 6.22. The molecular weight excluding hydrogens is 368 g/mol. The highest BCUT2D eigenvalue weighted by Gasteiger charge is 2.28. The number of hydrogen-bond acceptors (Lipinski definition) is 2. The highest BCUT2D eigenvalue weighted by Crippen LogP contribution is 2.39. The molecule has 0 aromatic heterocycles. The first-order valence-electron chi connectivity index (χ1n) is 7.29. The first kappa shape index (κ1) is 18.7. The molecule has 1 fully saturated rings. The second-order valence-corrected chi connectivity index (χ2v) is 7.34. The first-order valence-corrected chi connectivity index (χ1v) is 9.03. The number of amidine groups is 1. The summed E-state index contributed by atoms with van der Waals surface area (Å²) in [5, 5.41) is 0.463. The van der Waals surface area contributed by atoms with E-state index < -0.39 is 11.9 Å². The van der Waals surface area contributed by atoms with Crippen molar-refractivity contribution in [2.75, 3.05) is 5.75 Å². The number of rotatable bonds is 4. The molecule has 1 aliphatic carbocycles. The summed E-state index contributed by atoms with van der Waals surface area (Å²) < 4.78 is 37.1. The van der Waals surface area contributed by atoms with E-state index in [0.717, 1.165) is 25.7 Å². The molecule has 1 aromatic carbocycles. The van der Waals surface area contributed by atoms with E-state index in [9.17, 15) is 13.2 Å². The fourth-order valence-corrected chi connectivity index (χ4v) is 3.80. The standard InChI is InChI=1S/C15H17Cl2F3N2S/c16-10-6-11(17)13(23-8-15(18,19)20)7-12(10)22-14(21)9-4-2-1-3-5-9/h6-7,9H,1-5,8H2,(H2,21,22). The Morgan fingerprint density at radius 1 is 1.17 bits per heavy atom. The largest absolute Gasteiger partial charge is 0.398 e. The minimum atomic E-state index is -4.27. The molecule has 2 rings (SSSR count).